The molecule has 3 rings (SSSR count). The van der Waals surface area contributed by atoms with E-state index in [1.165, 1.54) is 4.31 Å². The van der Waals surface area contributed by atoms with Gasteiger partial charge < -0.3 is 10.1 Å². The standard InChI is InChI=1S/C13H18N4O3S/c14-21(18,19)17-7-3-6-15-8-11(17)13-9-16-10-4-1-2-5-12(10)20-13/h1-2,4-5,9,11,13,15H,3,6-8H2,(H2,14,18,19). The predicted octanol–water partition coefficient (Wildman–Crippen LogP) is 0.0173. The van der Waals surface area contributed by atoms with E-state index in [1.807, 2.05) is 24.3 Å². The third kappa shape index (κ3) is 3.08. The van der Waals surface area contributed by atoms with Crippen LogP contribution in [0.4, 0.5) is 5.69 Å². The highest BCUT2D eigenvalue weighted by Crippen LogP contribution is 2.31. The molecule has 2 aliphatic heterocycles. The molecular formula is C13H18N4O3S. The Hall–Kier alpha value is -1.48. The summed E-state index contributed by atoms with van der Waals surface area (Å²) in [6.07, 6.45) is 1.91. The van der Waals surface area contributed by atoms with Crippen molar-refractivity contribution in [2.45, 2.75) is 18.6 Å². The monoisotopic (exact) mass is 310 g/mol. The van der Waals surface area contributed by atoms with Crippen LogP contribution in [-0.4, -0.2) is 50.7 Å². The molecule has 2 aliphatic rings. The second-order valence-corrected chi connectivity index (χ2v) is 6.61. The lowest BCUT2D eigenvalue weighted by Gasteiger charge is -2.33. The van der Waals surface area contributed by atoms with E-state index in [0.717, 1.165) is 12.2 Å². The van der Waals surface area contributed by atoms with Crippen molar-refractivity contribution in [2.75, 3.05) is 19.6 Å². The van der Waals surface area contributed by atoms with Crippen LogP contribution in [-0.2, 0) is 10.2 Å². The fourth-order valence-electron chi connectivity index (χ4n) is 2.65. The highest BCUT2D eigenvalue weighted by atomic mass is 32.2. The molecule has 1 aromatic rings. The van der Waals surface area contributed by atoms with E-state index in [1.54, 1.807) is 6.21 Å². The number of benzene rings is 1. The Morgan fingerprint density at radius 2 is 2.19 bits per heavy atom. The van der Waals surface area contributed by atoms with Crippen molar-refractivity contribution in [1.82, 2.24) is 9.62 Å². The number of rotatable bonds is 2. The van der Waals surface area contributed by atoms with Gasteiger partial charge in [0.05, 0.1) is 6.04 Å². The number of hydrogen-bond acceptors (Lipinski definition) is 5. The molecule has 0 saturated carbocycles. The zero-order valence-electron chi connectivity index (χ0n) is 11.5. The molecule has 0 amide bonds. The van der Waals surface area contributed by atoms with Gasteiger partial charge in [-0.15, -0.1) is 0 Å². The maximum atomic E-state index is 11.8. The Balaban J connectivity index is 1.88. The van der Waals surface area contributed by atoms with Gasteiger partial charge in [0, 0.05) is 19.3 Å². The van der Waals surface area contributed by atoms with E-state index in [-0.39, 0.29) is 0 Å². The van der Waals surface area contributed by atoms with Crippen LogP contribution in [0.2, 0.25) is 0 Å². The zero-order valence-corrected chi connectivity index (χ0v) is 12.3. The number of para-hydroxylation sites is 2. The Morgan fingerprint density at radius 3 is 3.00 bits per heavy atom. The van der Waals surface area contributed by atoms with E-state index >= 15 is 0 Å². The maximum Gasteiger partial charge on any atom is 0.277 e. The summed E-state index contributed by atoms with van der Waals surface area (Å²) >= 11 is 0. The summed E-state index contributed by atoms with van der Waals surface area (Å²) in [7, 11) is -3.77. The van der Waals surface area contributed by atoms with Crippen LogP contribution in [0.25, 0.3) is 0 Å². The van der Waals surface area contributed by atoms with Gasteiger partial charge in [-0.3, -0.25) is 4.99 Å². The van der Waals surface area contributed by atoms with Gasteiger partial charge in [0.1, 0.15) is 11.4 Å². The fraction of sp³-hybridized carbons (Fsp3) is 0.462. The van der Waals surface area contributed by atoms with Crippen LogP contribution in [0.15, 0.2) is 29.3 Å². The van der Waals surface area contributed by atoms with Gasteiger partial charge in [0.15, 0.2) is 6.10 Å². The first kappa shape index (κ1) is 14.5. The Bertz CT molecular complexity index is 647. The number of fused-ring (bicyclic) bond motifs is 1. The molecule has 2 atom stereocenters. The minimum atomic E-state index is -3.77. The molecule has 0 aromatic heterocycles. The molecule has 7 nitrogen and oxygen atoms in total. The molecule has 0 spiro atoms. The normalized spacial score (nSPS) is 26.7. The number of nitrogens with one attached hydrogen (secondary N) is 1. The summed E-state index contributed by atoms with van der Waals surface area (Å²) in [4.78, 5) is 4.36. The smallest absolute Gasteiger partial charge is 0.277 e. The number of aliphatic imine (C=N–C) groups is 1. The average Bonchev–Trinajstić information content (AvgIpc) is 2.72. The molecule has 1 aromatic carbocycles. The van der Waals surface area contributed by atoms with Gasteiger partial charge >= 0.3 is 0 Å². The maximum absolute atomic E-state index is 11.8. The van der Waals surface area contributed by atoms with E-state index in [2.05, 4.69) is 10.3 Å². The van der Waals surface area contributed by atoms with Gasteiger partial charge in [0.25, 0.3) is 10.2 Å². The van der Waals surface area contributed by atoms with E-state index < -0.39 is 22.4 Å². The van der Waals surface area contributed by atoms with Crippen molar-refractivity contribution in [3.8, 4) is 5.75 Å². The number of nitrogens with zero attached hydrogens (tertiary/aromatic N) is 2. The van der Waals surface area contributed by atoms with Crippen LogP contribution in [0.1, 0.15) is 6.42 Å². The SMILES string of the molecule is NS(=O)(=O)N1CCCNCC1C1C=Nc2ccccc2O1. The minimum absolute atomic E-state index is 0.381. The lowest BCUT2D eigenvalue weighted by atomic mass is 10.1. The topological polar surface area (TPSA) is 97.0 Å². The third-order valence-electron chi connectivity index (χ3n) is 3.65. The number of nitrogens with two attached hydrogens (primary N) is 1. The van der Waals surface area contributed by atoms with Crippen LogP contribution in [0, 0.1) is 0 Å². The van der Waals surface area contributed by atoms with E-state index in [0.29, 0.717) is 25.3 Å². The van der Waals surface area contributed by atoms with E-state index in [4.69, 9.17) is 9.88 Å². The highest BCUT2D eigenvalue weighted by Gasteiger charge is 2.36. The summed E-state index contributed by atoms with van der Waals surface area (Å²) in [5, 5.41) is 8.56. The Kier molecular flexibility index (Phi) is 3.94. The molecule has 114 valence electrons. The first-order valence-corrected chi connectivity index (χ1v) is 8.36. The van der Waals surface area contributed by atoms with Crippen molar-refractivity contribution in [1.29, 1.82) is 0 Å². The molecule has 2 unspecified atom stereocenters. The second-order valence-electron chi connectivity index (χ2n) is 5.11. The molecule has 21 heavy (non-hydrogen) atoms. The number of ether oxygens (including phenoxy) is 1. The lowest BCUT2D eigenvalue weighted by Crippen LogP contribution is -2.54. The summed E-state index contributed by atoms with van der Waals surface area (Å²) in [6, 6.07) is 7.01. The first-order chi connectivity index (χ1) is 10.1. The van der Waals surface area contributed by atoms with Gasteiger partial charge in [0.2, 0.25) is 0 Å². The van der Waals surface area contributed by atoms with Gasteiger partial charge in [-0.2, -0.15) is 12.7 Å². The fourth-order valence-corrected chi connectivity index (χ4v) is 3.60. The minimum Gasteiger partial charge on any atom is -0.481 e. The van der Waals surface area contributed by atoms with Crippen molar-refractivity contribution in [3.63, 3.8) is 0 Å². The molecule has 0 aliphatic carbocycles. The predicted molar refractivity (Wildman–Crippen MR) is 80.1 cm³/mol. The Labute approximate surface area is 124 Å². The zero-order chi connectivity index (χ0) is 14.9. The van der Waals surface area contributed by atoms with Crippen LogP contribution < -0.4 is 15.2 Å². The van der Waals surface area contributed by atoms with Crippen molar-refractivity contribution in [2.24, 2.45) is 10.1 Å². The average molecular weight is 310 g/mol. The Morgan fingerprint density at radius 1 is 1.38 bits per heavy atom. The molecule has 0 radical (unpaired) electrons. The van der Waals surface area contributed by atoms with Crippen molar-refractivity contribution >= 4 is 22.1 Å². The van der Waals surface area contributed by atoms with Crippen LogP contribution >= 0.6 is 0 Å². The van der Waals surface area contributed by atoms with Crippen LogP contribution in [0.5, 0.6) is 5.75 Å². The summed E-state index contributed by atoms with van der Waals surface area (Å²) in [6.45, 7) is 1.62. The lowest BCUT2D eigenvalue weighted by molar-refractivity contribution is 0.169. The first-order valence-electron chi connectivity index (χ1n) is 6.86. The number of hydrogen-bond donors (Lipinski definition) is 2. The van der Waals surface area contributed by atoms with Crippen molar-refractivity contribution < 1.29 is 13.2 Å². The van der Waals surface area contributed by atoms with Crippen molar-refractivity contribution in [3.05, 3.63) is 24.3 Å². The second kappa shape index (κ2) is 5.72. The molecule has 1 saturated heterocycles. The van der Waals surface area contributed by atoms with Gasteiger partial charge in [-0.1, -0.05) is 12.1 Å². The molecular weight excluding hydrogens is 292 g/mol. The highest BCUT2D eigenvalue weighted by molar-refractivity contribution is 7.86. The molecule has 3 N–H and O–H groups in total. The molecule has 0 bridgehead atoms. The third-order valence-corrected chi connectivity index (χ3v) is 4.76. The van der Waals surface area contributed by atoms with E-state index in [9.17, 15) is 8.42 Å². The molecule has 8 heteroatoms. The van der Waals surface area contributed by atoms with Crippen LogP contribution in [0.3, 0.4) is 0 Å². The van der Waals surface area contributed by atoms with Gasteiger partial charge in [-0.05, 0) is 25.1 Å². The molecule has 2 heterocycles. The summed E-state index contributed by atoms with van der Waals surface area (Å²) in [5.41, 5.74) is 0.748. The summed E-state index contributed by atoms with van der Waals surface area (Å²) in [5.74, 6) is 0.656. The largest absolute Gasteiger partial charge is 0.481 e. The molecule has 1 fully saturated rings. The quantitative estimate of drug-likeness (QED) is 0.804. The summed E-state index contributed by atoms with van der Waals surface area (Å²) < 4.78 is 30.8. The van der Waals surface area contributed by atoms with Gasteiger partial charge in [-0.25, -0.2) is 5.14 Å².